The van der Waals surface area contributed by atoms with Crippen LogP contribution in [0.3, 0.4) is 0 Å². The van der Waals surface area contributed by atoms with Gasteiger partial charge in [-0.2, -0.15) is 0 Å². The minimum atomic E-state index is 0.776. The van der Waals surface area contributed by atoms with E-state index in [1.807, 2.05) is 41.7 Å². The Kier molecular flexibility index (Phi) is 2.78. The highest BCUT2D eigenvalue weighted by Crippen LogP contribution is 2.49. The average molecular weight is 340 g/mol. The molecule has 0 saturated carbocycles. The molecule has 1 nitrogen and oxygen atoms in total. The molecule has 1 N–H and O–H groups in total. The van der Waals surface area contributed by atoms with Crippen molar-refractivity contribution in [1.29, 1.82) is 0 Å². The molecule has 0 bridgehead atoms. The second kappa shape index (κ2) is 4.72. The number of rotatable bonds is 0. The molecule has 5 rings (SSSR count). The molecule has 22 heavy (non-hydrogen) atoms. The predicted molar refractivity (Wildman–Crippen MR) is 95.5 cm³/mol. The van der Waals surface area contributed by atoms with Crippen molar-refractivity contribution in [3.05, 3.63) is 59.6 Å². The second-order valence-electron chi connectivity index (χ2n) is 5.31. The molecule has 3 aromatic carbocycles. The zero-order valence-corrected chi connectivity index (χ0v) is 13.8. The van der Waals surface area contributed by atoms with Crippen molar-refractivity contribution < 1.29 is 0 Å². The molecule has 4 heteroatoms. The van der Waals surface area contributed by atoms with Crippen LogP contribution in [0.1, 0.15) is 0 Å². The van der Waals surface area contributed by atoms with Crippen molar-refractivity contribution in [3.8, 4) is 0 Å². The Morgan fingerprint density at radius 1 is 0.682 bits per heavy atom. The molecule has 1 aliphatic rings. The van der Waals surface area contributed by atoms with Gasteiger partial charge in [-0.05, 0) is 42.5 Å². The van der Waals surface area contributed by atoms with Crippen LogP contribution in [0.5, 0.6) is 0 Å². The van der Waals surface area contributed by atoms with Gasteiger partial charge in [-0.15, -0.1) is 0 Å². The number of aromatic nitrogens is 1. The number of aromatic amines is 1. The van der Waals surface area contributed by atoms with E-state index in [0.29, 0.717) is 0 Å². The molecule has 0 atom stereocenters. The third-order valence-corrected chi connectivity index (χ3v) is 6.67. The molecule has 4 aromatic rings. The summed E-state index contributed by atoms with van der Waals surface area (Å²) in [6, 6.07) is 19.1. The third-order valence-electron chi connectivity index (χ3n) is 3.91. The lowest BCUT2D eigenvalue weighted by Crippen LogP contribution is -1.88. The molecule has 0 fully saturated rings. The average Bonchev–Trinajstić information content (AvgIpc) is 2.87. The van der Waals surface area contributed by atoms with Crippen LogP contribution in [-0.4, -0.2) is 4.98 Å². The normalized spacial score (nSPS) is 13.3. The first-order chi connectivity index (χ1) is 10.8. The van der Waals surface area contributed by atoms with Crippen LogP contribution in [0.15, 0.2) is 74.2 Å². The number of benzene rings is 3. The molecule has 1 aliphatic heterocycles. The summed E-state index contributed by atoms with van der Waals surface area (Å²) in [5.74, 6) is 0. The quantitative estimate of drug-likeness (QED) is 0.342. The molecule has 1 aromatic heterocycles. The topological polar surface area (TPSA) is 15.8 Å². The van der Waals surface area contributed by atoms with Gasteiger partial charge in [0.2, 0.25) is 0 Å². The number of H-pyrrole nitrogens is 1. The fourth-order valence-corrected chi connectivity index (χ4v) is 5.34. The minimum Gasteiger partial charge on any atom is -0.354 e. The molecule has 0 unspecified atom stereocenters. The van der Waals surface area contributed by atoms with Gasteiger partial charge in [0.05, 0.1) is 0 Å². The Morgan fingerprint density at radius 3 is 2.14 bits per heavy atom. The Labute approximate surface area is 141 Å². The van der Waals surface area contributed by atoms with Gasteiger partial charge in [0.15, 0.2) is 0 Å². The van der Waals surface area contributed by atoms with Crippen molar-refractivity contribution in [1.82, 2.24) is 4.98 Å². The van der Waals surface area contributed by atoms with E-state index in [4.69, 9.17) is 11.6 Å². The summed E-state index contributed by atoms with van der Waals surface area (Å²) in [6.45, 7) is 0. The lowest BCUT2D eigenvalue weighted by atomic mass is 10.1. The number of hydrogen-bond donors (Lipinski definition) is 1. The van der Waals surface area contributed by atoms with E-state index in [2.05, 4.69) is 41.4 Å². The Balaban J connectivity index is 1.78. The number of nitrogens with one attached hydrogen (secondary N) is 1. The monoisotopic (exact) mass is 339 g/mol. The Bertz CT molecular complexity index is 1050. The van der Waals surface area contributed by atoms with Crippen molar-refractivity contribution in [2.24, 2.45) is 0 Å². The smallest absolute Gasteiger partial charge is 0.0477 e. The van der Waals surface area contributed by atoms with Gasteiger partial charge in [0, 0.05) is 46.4 Å². The lowest BCUT2D eigenvalue weighted by Gasteiger charge is -2.18. The molecule has 106 valence electrons. The summed E-state index contributed by atoms with van der Waals surface area (Å²) in [6.07, 6.45) is 0. The van der Waals surface area contributed by atoms with Crippen molar-refractivity contribution in [3.63, 3.8) is 0 Å². The maximum absolute atomic E-state index is 6.16. The Hall–Kier alpha value is -1.55. The fraction of sp³-hybridized carbons (Fsp3) is 0. The first-order valence-electron chi connectivity index (χ1n) is 6.98. The van der Waals surface area contributed by atoms with E-state index in [-0.39, 0.29) is 0 Å². The standard InChI is InChI=1S/C18H10ClNS2/c19-10-5-6-13-11(7-10)12-8-17-18(9-14(12)20-13)22-16-4-2-1-3-15(16)21-17/h1-9,20H. The van der Waals surface area contributed by atoms with Crippen LogP contribution in [0.4, 0.5) is 0 Å². The van der Waals surface area contributed by atoms with Crippen molar-refractivity contribution in [2.45, 2.75) is 19.6 Å². The summed E-state index contributed by atoms with van der Waals surface area (Å²) >= 11 is 9.85. The van der Waals surface area contributed by atoms with Crippen LogP contribution >= 0.6 is 35.1 Å². The van der Waals surface area contributed by atoms with Gasteiger partial charge >= 0.3 is 0 Å². The molecule has 0 amide bonds. The summed E-state index contributed by atoms with van der Waals surface area (Å²) in [7, 11) is 0. The first kappa shape index (κ1) is 12.9. The third kappa shape index (κ3) is 1.89. The SMILES string of the molecule is Clc1ccc2[nH]c3cc4c(cc3c2c1)Sc1ccccc1S4. The minimum absolute atomic E-state index is 0.776. The largest absolute Gasteiger partial charge is 0.354 e. The fourth-order valence-electron chi connectivity index (χ4n) is 2.89. The second-order valence-corrected chi connectivity index (χ2v) is 7.91. The molecular weight excluding hydrogens is 330 g/mol. The van der Waals surface area contributed by atoms with Crippen LogP contribution in [-0.2, 0) is 0 Å². The maximum Gasteiger partial charge on any atom is 0.0477 e. The van der Waals surface area contributed by atoms with E-state index < -0.39 is 0 Å². The van der Waals surface area contributed by atoms with E-state index in [1.54, 1.807) is 0 Å². The molecule has 0 aliphatic carbocycles. The first-order valence-corrected chi connectivity index (χ1v) is 8.99. The van der Waals surface area contributed by atoms with Gasteiger partial charge in [-0.1, -0.05) is 47.3 Å². The van der Waals surface area contributed by atoms with E-state index in [0.717, 1.165) is 10.5 Å². The van der Waals surface area contributed by atoms with Gasteiger partial charge < -0.3 is 4.98 Å². The van der Waals surface area contributed by atoms with Gasteiger partial charge in [-0.3, -0.25) is 0 Å². The van der Waals surface area contributed by atoms with Crippen LogP contribution < -0.4 is 0 Å². The lowest BCUT2D eigenvalue weighted by molar-refractivity contribution is 1.17. The molecular formula is C18H10ClNS2. The zero-order chi connectivity index (χ0) is 14.7. The number of hydrogen-bond acceptors (Lipinski definition) is 2. The zero-order valence-electron chi connectivity index (χ0n) is 11.4. The van der Waals surface area contributed by atoms with Crippen molar-refractivity contribution in [2.75, 3.05) is 0 Å². The van der Waals surface area contributed by atoms with Gasteiger partial charge in [0.1, 0.15) is 0 Å². The highest BCUT2D eigenvalue weighted by Gasteiger charge is 2.18. The number of fused-ring (bicyclic) bond motifs is 5. The highest BCUT2D eigenvalue weighted by molar-refractivity contribution is 8.05. The number of halogens is 1. The summed E-state index contributed by atoms with van der Waals surface area (Å²) in [5.41, 5.74) is 2.30. The maximum atomic E-state index is 6.16. The van der Waals surface area contributed by atoms with Crippen LogP contribution in [0.2, 0.25) is 5.02 Å². The van der Waals surface area contributed by atoms with Crippen LogP contribution in [0.25, 0.3) is 21.8 Å². The van der Waals surface area contributed by atoms with E-state index in [9.17, 15) is 0 Å². The molecule has 0 spiro atoms. The summed E-state index contributed by atoms with van der Waals surface area (Å²) < 4.78 is 0. The molecule has 2 heterocycles. The predicted octanol–water partition coefficient (Wildman–Crippen LogP) is 6.59. The highest BCUT2D eigenvalue weighted by atomic mass is 35.5. The van der Waals surface area contributed by atoms with Gasteiger partial charge in [0.25, 0.3) is 0 Å². The molecule has 0 saturated heterocycles. The molecule has 0 radical (unpaired) electrons. The van der Waals surface area contributed by atoms with E-state index in [1.165, 1.54) is 35.9 Å². The Morgan fingerprint density at radius 2 is 1.36 bits per heavy atom. The van der Waals surface area contributed by atoms with Crippen molar-refractivity contribution >= 4 is 56.9 Å². The summed E-state index contributed by atoms with van der Waals surface area (Å²) in [5, 5.41) is 3.21. The van der Waals surface area contributed by atoms with E-state index >= 15 is 0 Å². The van der Waals surface area contributed by atoms with Gasteiger partial charge in [-0.25, -0.2) is 0 Å². The van der Waals surface area contributed by atoms with Crippen LogP contribution in [0, 0.1) is 0 Å². The summed E-state index contributed by atoms with van der Waals surface area (Å²) in [4.78, 5) is 8.79.